The third-order valence-corrected chi connectivity index (χ3v) is 5.83. The Kier molecular flexibility index (Phi) is 2.97. The number of hydrogen-bond donors (Lipinski definition) is 0. The number of nitrogens with zero attached hydrogens (tertiary/aromatic N) is 1. The normalized spacial score (nSPS) is 25.4. The lowest BCUT2D eigenvalue weighted by atomic mass is 9.87. The van der Waals surface area contributed by atoms with Gasteiger partial charge in [0.15, 0.2) is 0 Å². The number of likely N-dealkylation sites (N-methyl/N-ethyl adjacent to an activating group) is 1. The largest absolute Gasteiger partial charge is 0.305 e. The summed E-state index contributed by atoms with van der Waals surface area (Å²) in [5.74, 6) is 1.68. The molecule has 0 spiro atoms. The molecule has 1 heterocycles. The molecule has 1 saturated carbocycles. The molecular weight excluding hydrogens is 262 g/mol. The van der Waals surface area contributed by atoms with Crippen LogP contribution in [0.2, 0.25) is 0 Å². The van der Waals surface area contributed by atoms with Crippen LogP contribution in [0.3, 0.4) is 0 Å². The highest BCUT2D eigenvalue weighted by molar-refractivity contribution is 7.17. The van der Waals surface area contributed by atoms with Gasteiger partial charge in [-0.25, -0.2) is 0 Å². The van der Waals surface area contributed by atoms with Crippen LogP contribution in [-0.2, 0) is 0 Å². The van der Waals surface area contributed by atoms with Crippen LogP contribution in [0.1, 0.15) is 24.8 Å². The second-order valence-electron chi connectivity index (χ2n) is 6.56. The fourth-order valence-corrected chi connectivity index (χ4v) is 4.92. The second kappa shape index (κ2) is 4.71. The van der Waals surface area contributed by atoms with E-state index in [0.717, 1.165) is 18.4 Å². The molecule has 2 aromatic rings. The number of benzene rings is 1. The summed E-state index contributed by atoms with van der Waals surface area (Å²) < 4.78 is 1.41. The highest BCUT2D eigenvalue weighted by atomic mass is 32.1. The first-order chi connectivity index (χ1) is 9.72. The lowest BCUT2D eigenvalue weighted by Gasteiger charge is -2.23. The number of hydrogen-bond acceptors (Lipinski definition) is 2. The molecule has 2 aliphatic carbocycles. The molecule has 4 rings (SSSR count). The number of fused-ring (bicyclic) bond motifs is 3. The average molecular weight is 283 g/mol. The highest BCUT2D eigenvalue weighted by Gasteiger charge is 2.39. The molecule has 0 saturated heterocycles. The SMILES string of the molecule is CN(C)CC1=C(c2ccc3sccc3c2)[C@@H]2CC[C@H]1C2. The molecule has 0 unspecified atom stereocenters. The van der Waals surface area contributed by atoms with Crippen LogP contribution >= 0.6 is 11.3 Å². The topological polar surface area (TPSA) is 3.24 Å². The Morgan fingerprint density at radius 3 is 2.85 bits per heavy atom. The number of thiophene rings is 1. The Labute approximate surface area is 124 Å². The third kappa shape index (κ3) is 1.94. The molecule has 1 aromatic carbocycles. The first kappa shape index (κ1) is 12.6. The van der Waals surface area contributed by atoms with E-state index in [4.69, 9.17) is 0 Å². The van der Waals surface area contributed by atoms with Crippen molar-refractivity contribution in [2.24, 2.45) is 11.8 Å². The van der Waals surface area contributed by atoms with Crippen molar-refractivity contribution in [3.8, 4) is 0 Å². The van der Waals surface area contributed by atoms with Crippen molar-refractivity contribution < 1.29 is 0 Å². The Balaban J connectivity index is 1.82. The van der Waals surface area contributed by atoms with Crippen molar-refractivity contribution in [3.05, 3.63) is 40.8 Å². The quantitative estimate of drug-likeness (QED) is 0.792. The Hall–Kier alpha value is -1.12. The van der Waals surface area contributed by atoms with Crippen molar-refractivity contribution in [1.82, 2.24) is 4.90 Å². The van der Waals surface area contributed by atoms with E-state index in [9.17, 15) is 0 Å². The number of rotatable bonds is 3. The maximum absolute atomic E-state index is 2.41. The number of allylic oxidation sites excluding steroid dienone is 1. The zero-order valence-corrected chi connectivity index (χ0v) is 13.0. The van der Waals surface area contributed by atoms with Gasteiger partial charge in [0.25, 0.3) is 0 Å². The van der Waals surface area contributed by atoms with Crippen molar-refractivity contribution in [3.63, 3.8) is 0 Å². The lowest BCUT2D eigenvalue weighted by Crippen LogP contribution is -2.19. The maximum atomic E-state index is 2.41. The zero-order chi connectivity index (χ0) is 13.7. The molecule has 1 fully saturated rings. The fourth-order valence-electron chi connectivity index (χ4n) is 4.15. The lowest BCUT2D eigenvalue weighted by molar-refractivity contribution is 0.423. The van der Waals surface area contributed by atoms with Gasteiger partial charge in [-0.1, -0.05) is 6.07 Å². The standard InChI is InChI=1S/C18H21NS/c1-19(2)11-16-12-3-4-14(9-12)18(16)15-5-6-17-13(10-15)7-8-20-17/h5-8,10,12,14H,3-4,9,11H2,1-2H3/t12-,14+/m0/s1. The van der Waals surface area contributed by atoms with E-state index < -0.39 is 0 Å². The van der Waals surface area contributed by atoms with Gasteiger partial charge in [-0.05, 0) is 90.9 Å². The molecule has 1 aromatic heterocycles. The molecule has 2 heteroatoms. The summed E-state index contributed by atoms with van der Waals surface area (Å²) in [6, 6.07) is 9.33. The van der Waals surface area contributed by atoms with Gasteiger partial charge in [-0.15, -0.1) is 11.3 Å². The summed E-state index contributed by atoms with van der Waals surface area (Å²) in [6.45, 7) is 1.14. The second-order valence-corrected chi connectivity index (χ2v) is 7.50. The smallest absolute Gasteiger partial charge is 0.0343 e. The van der Waals surface area contributed by atoms with Gasteiger partial charge in [-0.2, -0.15) is 0 Å². The van der Waals surface area contributed by atoms with Gasteiger partial charge < -0.3 is 4.90 Å². The molecule has 20 heavy (non-hydrogen) atoms. The van der Waals surface area contributed by atoms with Crippen LogP contribution < -0.4 is 0 Å². The summed E-state index contributed by atoms with van der Waals surface area (Å²) in [5.41, 5.74) is 4.89. The Bertz CT molecular complexity index is 680. The van der Waals surface area contributed by atoms with Crippen LogP contribution in [0.5, 0.6) is 0 Å². The average Bonchev–Trinajstić information content (AvgIpc) is 3.12. The van der Waals surface area contributed by atoms with Crippen LogP contribution in [0.4, 0.5) is 0 Å². The molecule has 0 aliphatic heterocycles. The minimum atomic E-state index is 0.825. The van der Waals surface area contributed by atoms with Crippen LogP contribution in [0, 0.1) is 11.8 Å². The maximum Gasteiger partial charge on any atom is 0.0343 e. The van der Waals surface area contributed by atoms with Gasteiger partial charge in [0.1, 0.15) is 0 Å². The molecule has 0 amide bonds. The van der Waals surface area contributed by atoms with Gasteiger partial charge in [0, 0.05) is 11.2 Å². The van der Waals surface area contributed by atoms with Crippen molar-refractivity contribution in [2.75, 3.05) is 20.6 Å². The molecular formula is C18H21NS. The highest BCUT2D eigenvalue weighted by Crippen LogP contribution is 2.52. The molecule has 104 valence electrons. The summed E-state index contributed by atoms with van der Waals surface area (Å²) in [5, 5.41) is 3.61. The van der Waals surface area contributed by atoms with E-state index in [2.05, 4.69) is 48.6 Å². The van der Waals surface area contributed by atoms with E-state index in [1.807, 2.05) is 11.3 Å². The molecule has 0 radical (unpaired) electrons. The van der Waals surface area contributed by atoms with E-state index >= 15 is 0 Å². The van der Waals surface area contributed by atoms with Crippen molar-refractivity contribution in [1.29, 1.82) is 0 Å². The minimum absolute atomic E-state index is 0.825. The summed E-state index contributed by atoms with van der Waals surface area (Å²) >= 11 is 1.84. The Morgan fingerprint density at radius 1 is 1.15 bits per heavy atom. The van der Waals surface area contributed by atoms with E-state index in [0.29, 0.717) is 0 Å². The summed E-state index contributed by atoms with van der Waals surface area (Å²) in [6.07, 6.45) is 4.22. The van der Waals surface area contributed by atoms with Gasteiger partial charge in [-0.3, -0.25) is 0 Å². The third-order valence-electron chi connectivity index (χ3n) is 4.93. The first-order valence-corrected chi connectivity index (χ1v) is 8.45. The van der Waals surface area contributed by atoms with Gasteiger partial charge in [0.05, 0.1) is 0 Å². The van der Waals surface area contributed by atoms with Crippen LogP contribution in [0.15, 0.2) is 35.2 Å². The summed E-state index contributed by atoms with van der Waals surface area (Å²) in [7, 11) is 4.39. The summed E-state index contributed by atoms with van der Waals surface area (Å²) in [4.78, 5) is 2.33. The zero-order valence-electron chi connectivity index (χ0n) is 12.2. The molecule has 1 nitrogen and oxygen atoms in total. The predicted octanol–water partition coefficient (Wildman–Crippen LogP) is 4.65. The molecule has 2 aliphatic rings. The van der Waals surface area contributed by atoms with Gasteiger partial charge in [0.2, 0.25) is 0 Å². The minimum Gasteiger partial charge on any atom is -0.305 e. The van der Waals surface area contributed by atoms with E-state index in [1.165, 1.54) is 34.9 Å². The van der Waals surface area contributed by atoms with Crippen LogP contribution in [-0.4, -0.2) is 25.5 Å². The van der Waals surface area contributed by atoms with Crippen LogP contribution in [0.25, 0.3) is 15.7 Å². The molecule has 0 N–H and O–H groups in total. The van der Waals surface area contributed by atoms with Crippen molar-refractivity contribution in [2.45, 2.75) is 19.3 Å². The van der Waals surface area contributed by atoms with E-state index in [-0.39, 0.29) is 0 Å². The van der Waals surface area contributed by atoms with Gasteiger partial charge >= 0.3 is 0 Å². The molecule has 2 atom stereocenters. The van der Waals surface area contributed by atoms with E-state index in [1.54, 1.807) is 11.1 Å². The first-order valence-electron chi connectivity index (χ1n) is 7.57. The molecule has 2 bridgehead atoms. The monoisotopic (exact) mass is 283 g/mol. The predicted molar refractivity (Wildman–Crippen MR) is 88.1 cm³/mol. The van der Waals surface area contributed by atoms with Crippen molar-refractivity contribution >= 4 is 27.0 Å². The Morgan fingerprint density at radius 2 is 2.00 bits per heavy atom. The fraction of sp³-hybridized carbons (Fsp3) is 0.444.